The Balaban J connectivity index is 2.25. The molecule has 0 aliphatic carbocycles. The molecule has 1 unspecified atom stereocenters. The Bertz CT molecular complexity index is 539. The van der Waals surface area contributed by atoms with Gasteiger partial charge < -0.3 is 5.73 Å². The third kappa shape index (κ3) is 3.14. The van der Waals surface area contributed by atoms with Gasteiger partial charge in [-0.3, -0.25) is 4.79 Å². The maximum Gasteiger partial charge on any atom is 0.235 e. The summed E-state index contributed by atoms with van der Waals surface area (Å²) in [6, 6.07) is 17.7. The predicted molar refractivity (Wildman–Crippen MR) is 75.4 cm³/mol. The van der Waals surface area contributed by atoms with Crippen molar-refractivity contribution in [3.8, 4) is 0 Å². The van der Waals surface area contributed by atoms with Crippen LogP contribution in [0.5, 0.6) is 0 Å². The highest BCUT2D eigenvalue weighted by atomic mass is 32.2. The summed E-state index contributed by atoms with van der Waals surface area (Å²) in [6.07, 6.45) is 0. The van der Waals surface area contributed by atoms with Crippen LogP contribution in [0.15, 0.2) is 59.5 Å². The van der Waals surface area contributed by atoms with E-state index in [1.54, 1.807) is 0 Å². The molecule has 1 atom stereocenters. The molecule has 2 rings (SSSR count). The summed E-state index contributed by atoms with van der Waals surface area (Å²) in [5, 5.41) is -0.340. The van der Waals surface area contributed by atoms with Crippen molar-refractivity contribution in [1.82, 2.24) is 0 Å². The van der Waals surface area contributed by atoms with Gasteiger partial charge in [0.2, 0.25) is 5.91 Å². The first kappa shape index (κ1) is 12.7. The number of carbonyl (C=O) groups excluding carboxylic acids is 1. The quantitative estimate of drug-likeness (QED) is 0.854. The average Bonchev–Trinajstić information content (AvgIpc) is 2.37. The number of amides is 1. The zero-order valence-electron chi connectivity index (χ0n) is 10.2. The molecule has 1 amide bonds. The van der Waals surface area contributed by atoms with Crippen molar-refractivity contribution in [3.05, 3.63) is 65.7 Å². The molecule has 2 aromatic rings. The number of rotatable bonds is 4. The summed E-state index contributed by atoms with van der Waals surface area (Å²) in [6.45, 7) is 2.03. The molecule has 3 heteroatoms. The van der Waals surface area contributed by atoms with Crippen molar-refractivity contribution in [2.45, 2.75) is 17.1 Å². The second-order valence-electron chi connectivity index (χ2n) is 4.13. The Labute approximate surface area is 111 Å². The Morgan fingerprint density at radius 3 is 2.44 bits per heavy atom. The van der Waals surface area contributed by atoms with Crippen molar-refractivity contribution >= 4 is 17.7 Å². The number of hydrogen-bond acceptors (Lipinski definition) is 2. The van der Waals surface area contributed by atoms with Gasteiger partial charge in [0.1, 0.15) is 5.25 Å². The van der Waals surface area contributed by atoms with Gasteiger partial charge in [0.15, 0.2) is 0 Å². The lowest BCUT2D eigenvalue weighted by Crippen LogP contribution is -2.18. The van der Waals surface area contributed by atoms with Crippen LogP contribution in [0.4, 0.5) is 0 Å². The minimum atomic E-state index is -0.340. The van der Waals surface area contributed by atoms with Crippen molar-refractivity contribution in [3.63, 3.8) is 0 Å². The van der Waals surface area contributed by atoms with E-state index < -0.39 is 0 Å². The van der Waals surface area contributed by atoms with Crippen LogP contribution in [0.25, 0.3) is 0 Å². The maximum absolute atomic E-state index is 11.6. The van der Waals surface area contributed by atoms with Crippen molar-refractivity contribution in [2.24, 2.45) is 5.73 Å². The van der Waals surface area contributed by atoms with Gasteiger partial charge in [0.25, 0.3) is 0 Å². The molecule has 2 N–H and O–H groups in total. The summed E-state index contributed by atoms with van der Waals surface area (Å²) in [5.41, 5.74) is 7.61. The largest absolute Gasteiger partial charge is 0.368 e. The minimum Gasteiger partial charge on any atom is -0.368 e. The van der Waals surface area contributed by atoms with Gasteiger partial charge >= 0.3 is 0 Å². The van der Waals surface area contributed by atoms with E-state index in [2.05, 4.69) is 6.07 Å². The molecule has 0 radical (unpaired) electrons. The highest BCUT2D eigenvalue weighted by Gasteiger charge is 2.18. The fraction of sp³-hybridized carbons (Fsp3) is 0.133. The summed E-state index contributed by atoms with van der Waals surface area (Å²) in [7, 11) is 0. The van der Waals surface area contributed by atoms with Crippen LogP contribution in [-0.4, -0.2) is 5.91 Å². The number of benzene rings is 2. The maximum atomic E-state index is 11.6. The van der Waals surface area contributed by atoms with Crippen LogP contribution in [0.3, 0.4) is 0 Å². The van der Waals surface area contributed by atoms with Gasteiger partial charge in [-0.25, -0.2) is 0 Å². The molecule has 0 aliphatic rings. The van der Waals surface area contributed by atoms with Gasteiger partial charge in [-0.05, 0) is 24.6 Å². The van der Waals surface area contributed by atoms with E-state index in [0.29, 0.717) is 0 Å². The van der Waals surface area contributed by atoms with E-state index in [-0.39, 0.29) is 11.2 Å². The second kappa shape index (κ2) is 5.74. The molecule has 0 aromatic heterocycles. The Kier molecular flexibility index (Phi) is 4.05. The van der Waals surface area contributed by atoms with Crippen LogP contribution < -0.4 is 5.73 Å². The standard InChI is InChI=1S/C15H15NOS/c1-11-6-5-9-13(10-11)18-14(15(16)17)12-7-3-2-4-8-12/h2-10,14H,1H3,(H2,16,17). The minimum absolute atomic E-state index is 0.312. The first-order valence-corrected chi connectivity index (χ1v) is 6.62. The van der Waals surface area contributed by atoms with Crippen LogP contribution >= 0.6 is 11.8 Å². The zero-order valence-corrected chi connectivity index (χ0v) is 11.0. The van der Waals surface area contributed by atoms with Crippen LogP contribution in [0, 0.1) is 6.92 Å². The highest BCUT2D eigenvalue weighted by molar-refractivity contribution is 8.00. The van der Waals surface area contributed by atoms with E-state index >= 15 is 0 Å². The summed E-state index contributed by atoms with van der Waals surface area (Å²) < 4.78 is 0. The molecule has 0 saturated heterocycles. The van der Waals surface area contributed by atoms with Crippen molar-refractivity contribution < 1.29 is 4.79 Å². The number of hydrogen-bond donors (Lipinski definition) is 1. The van der Waals surface area contributed by atoms with Gasteiger partial charge in [-0.15, -0.1) is 11.8 Å². The van der Waals surface area contributed by atoms with Crippen LogP contribution in [0.1, 0.15) is 16.4 Å². The van der Waals surface area contributed by atoms with E-state index in [0.717, 1.165) is 10.5 Å². The summed E-state index contributed by atoms with van der Waals surface area (Å²) in [4.78, 5) is 12.6. The smallest absolute Gasteiger partial charge is 0.235 e. The number of carbonyl (C=O) groups is 1. The van der Waals surface area contributed by atoms with E-state index in [9.17, 15) is 4.79 Å². The Morgan fingerprint density at radius 2 is 1.83 bits per heavy atom. The fourth-order valence-electron chi connectivity index (χ4n) is 1.74. The monoisotopic (exact) mass is 257 g/mol. The van der Waals surface area contributed by atoms with Crippen LogP contribution in [0.2, 0.25) is 0 Å². The SMILES string of the molecule is Cc1cccc(SC(C(N)=O)c2ccccc2)c1. The Morgan fingerprint density at radius 1 is 1.11 bits per heavy atom. The second-order valence-corrected chi connectivity index (χ2v) is 5.31. The fourth-order valence-corrected chi connectivity index (χ4v) is 2.84. The number of thioether (sulfide) groups is 1. The van der Waals surface area contributed by atoms with Crippen molar-refractivity contribution in [1.29, 1.82) is 0 Å². The molecule has 92 valence electrons. The number of aryl methyl sites for hydroxylation is 1. The lowest BCUT2D eigenvalue weighted by Gasteiger charge is -2.13. The molecule has 0 bridgehead atoms. The molecular formula is C15H15NOS. The van der Waals surface area contributed by atoms with Gasteiger partial charge in [0.05, 0.1) is 0 Å². The summed E-state index contributed by atoms with van der Waals surface area (Å²) in [5.74, 6) is -0.312. The molecular weight excluding hydrogens is 242 g/mol. The predicted octanol–water partition coefficient (Wildman–Crippen LogP) is 3.31. The van der Waals surface area contributed by atoms with E-state index in [1.165, 1.54) is 17.3 Å². The third-order valence-corrected chi connectivity index (χ3v) is 3.87. The lowest BCUT2D eigenvalue weighted by atomic mass is 10.1. The first-order chi connectivity index (χ1) is 8.66. The Hall–Kier alpha value is -1.74. The van der Waals surface area contributed by atoms with Crippen molar-refractivity contribution in [2.75, 3.05) is 0 Å². The number of nitrogens with two attached hydrogens (primary N) is 1. The van der Waals surface area contributed by atoms with E-state index in [4.69, 9.17) is 5.73 Å². The molecule has 2 aromatic carbocycles. The van der Waals surface area contributed by atoms with Gasteiger partial charge in [-0.1, -0.05) is 48.0 Å². The lowest BCUT2D eigenvalue weighted by molar-refractivity contribution is -0.117. The zero-order chi connectivity index (χ0) is 13.0. The number of primary amides is 1. The molecule has 0 saturated carbocycles. The topological polar surface area (TPSA) is 43.1 Å². The van der Waals surface area contributed by atoms with E-state index in [1.807, 2.05) is 55.5 Å². The highest BCUT2D eigenvalue weighted by Crippen LogP contribution is 2.35. The first-order valence-electron chi connectivity index (χ1n) is 5.74. The molecule has 2 nitrogen and oxygen atoms in total. The van der Waals surface area contributed by atoms with Gasteiger partial charge in [0, 0.05) is 4.90 Å². The molecule has 0 spiro atoms. The third-order valence-electron chi connectivity index (χ3n) is 2.60. The molecule has 0 heterocycles. The average molecular weight is 257 g/mol. The summed E-state index contributed by atoms with van der Waals surface area (Å²) >= 11 is 1.49. The van der Waals surface area contributed by atoms with Crippen LogP contribution in [-0.2, 0) is 4.79 Å². The van der Waals surface area contributed by atoms with Gasteiger partial charge in [-0.2, -0.15) is 0 Å². The molecule has 0 aliphatic heterocycles. The molecule has 0 fully saturated rings. The molecule has 18 heavy (non-hydrogen) atoms. The normalized spacial score (nSPS) is 12.1.